The van der Waals surface area contributed by atoms with E-state index in [9.17, 15) is 4.79 Å². The van der Waals surface area contributed by atoms with Crippen molar-refractivity contribution < 1.29 is 4.79 Å². The van der Waals surface area contributed by atoms with Crippen LogP contribution in [-0.4, -0.2) is 12.5 Å². The van der Waals surface area contributed by atoms with E-state index >= 15 is 0 Å². The number of carbonyl (C=O) groups excluding carboxylic acids is 1. The van der Waals surface area contributed by atoms with E-state index in [1.807, 2.05) is 31.2 Å². The molecule has 0 fully saturated rings. The van der Waals surface area contributed by atoms with Crippen LogP contribution in [0.4, 0.5) is 0 Å². The highest BCUT2D eigenvalue weighted by atomic mass is 79.9. The summed E-state index contributed by atoms with van der Waals surface area (Å²) in [5.74, 6) is 0.125. The van der Waals surface area contributed by atoms with Crippen molar-refractivity contribution >= 4 is 21.8 Å². The van der Waals surface area contributed by atoms with Gasteiger partial charge in [0, 0.05) is 10.9 Å². The second-order valence-electron chi connectivity index (χ2n) is 4.80. The van der Waals surface area contributed by atoms with Crippen LogP contribution in [0.3, 0.4) is 0 Å². The molecule has 0 aliphatic carbocycles. The summed E-state index contributed by atoms with van der Waals surface area (Å²) in [5, 5.41) is 3.03. The van der Waals surface area contributed by atoms with Gasteiger partial charge in [-0.3, -0.25) is 4.79 Å². The smallest absolute Gasteiger partial charge is 0.220 e. The van der Waals surface area contributed by atoms with Crippen LogP contribution in [0.15, 0.2) is 28.7 Å². The van der Waals surface area contributed by atoms with E-state index < -0.39 is 0 Å². The first-order valence-corrected chi connectivity index (χ1v) is 7.67. The van der Waals surface area contributed by atoms with Gasteiger partial charge in [-0.2, -0.15) is 0 Å². The molecular weight excluding hydrogens is 304 g/mol. The second-order valence-corrected chi connectivity index (χ2v) is 5.71. The van der Waals surface area contributed by atoms with Crippen LogP contribution in [0.5, 0.6) is 0 Å². The van der Waals surface area contributed by atoms with Crippen molar-refractivity contribution in [3.63, 3.8) is 0 Å². The van der Waals surface area contributed by atoms with E-state index in [0.29, 0.717) is 6.42 Å². The summed E-state index contributed by atoms with van der Waals surface area (Å²) in [4.78, 5) is 11.8. The van der Waals surface area contributed by atoms with E-state index in [4.69, 9.17) is 5.73 Å². The second kappa shape index (κ2) is 9.10. The molecule has 0 bridgehead atoms. The Morgan fingerprint density at radius 3 is 2.74 bits per heavy atom. The van der Waals surface area contributed by atoms with Gasteiger partial charge in [0.05, 0.1) is 6.04 Å². The van der Waals surface area contributed by atoms with Crippen molar-refractivity contribution in [3.8, 4) is 0 Å². The van der Waals surface area contributed by atoms with Gasteiger partial charge >= 0.3 is 0 Å². The minimum absolute atomic E-state index is 0.0500. The molecule has 1 rings (SSSR count). The largest absolute Gasteiger partial charge is 0.350 e. The number of unbranched alkanes of at least 4 members (excludes halogenated alkanes) is 3. The quantitative estimate of drug-likeness (QED) is 0.718. The standard InChI is InChI=1S/C15H23BrN2O/c1-12(13-7-6-8-14(16)11-13)18-15(19)9-4-2-3-5-10-17/h6-8,11-12H,2-5,9-10,17H2,1H3,(H,18,19)/t12-/m1/s1. The summed E-state index contributed by atoms with van der Waals surface area (Å²) < 4.78 is 1.04. The predicted octanol–water partition coefficient (Wildman–Crippen LogP) is 3.54. The number of nitrogens with one attached hydrogen (secondary N) is 1. The van der Waals surface area contributed by atoms with E-state index in [2.05, 4.69) is 21.2 Å². The molecule has 0 aliphatic heterocycles. The molecular formula is C15H23BrN2O. The third-order valence-corrected chi connectivity index (χ3v) is 3.58. The SMILES string of the molecule is C[C@@H](NC(=O)CCCCCCN)c1cccc(Br)c1. The number of rotatable bonds is 8. The van der Waals surface area contributed by atoms with Crippen LogP contribution in [0.2, 0.25) is 0 Å². The van der Waals surface area contributed by atoms with Gasteiger partial charge in [-0.25, -0.2) is 0 Å². The van der Waals surface area contributed by atoms with Crippen molar-refractivity contribution in [2.75, 3.05) is 6.54 Å². The van der Waals surface area contributed by atoms with Gasteiger partial charge in [0.15, 0.2) is 0 Å². The molecule has 0 saturated heterocycles. The molecule has 0 saturated carbocycles. The van der Waals surface area contributed by atoms with Gasteiger partial charge in [0.2, 0.25) is 5.91 Å². The average Bonchev–Trinajstić information content (AvgIpc) is 2.38. The van der Waals surface area contributed by atoms with Gasteiger partial charge < -0.3 is 11.1 Å². The number of amides is 1. The van der Waals surface area contributed by atoms with Crippen molar-refractivity contribution in [1.29, 1.82) is 0 Å². The van der Waals surface area contributed by atoms with E-state index in [1.165, 1.54) is 0 Å². The first-order valence-electron chi connectivity index (χ1n) is 6.88. The minimum Gasteiger partial charge on any atom is -0.350 e. The zero-order chi connectivity index (χ0) is 14.1. The van der Waals surface area contributed by atoms with Gasteiger partial charge in [0.1, 0.15) is 0 Å². The zero-order valence-corrected chi connectivity index (χ0v) is 13.1. The van der Waals surface area contributed by atoms with Gasteiger partial charge in [-0.05, 0) is 44.0 Å². The molecule has 1 aromatic rings. The Morgan fingerprint density at radius 1 is 1.32 bits per heavy atom. The fraction of sp³-hybridized carbons (Fsp3) is 0.533. The lowest BCUT2D eigenvalue weighted by Crippen LogP contribution is -2.26. The number of hydrogen-bond donors (Lipinski definition) is 2. The molecule has 0 aliphatic rings. The molecule has 1 atom stereocenters. The summed E-state index contributed by atoms with van der Waals surface area (Å²) in [5.41, 5.74) is 6.55. The molecule has 1 aromatic carbocycles. The number of carbonyl (C=O) groups is 1. The van der Waals surface area contributed by atoms with E-state index in [0.717, 1.165) is 42.3 Å². The van der Waals surface area contributed by atoms with Crippen molar-refractivity contribution in [2.45, 2.75) is 45.1 Å². The fourth-order valence-electron chi connectivity index (χ4n) is 1.96. The van der Waals surface area contributed by atoms with Crippen LogP contribution < -0.4 is 11.1 Å². The van der Waals surface area contributed by atoms with Crippen molar-refractivity contribution in [1.82, 2.24) is 5.32 Å². The van der Waals surface area contributed by atoms with E-state index in [1.54, 1.807) is 0 Å². The molecule has 0 radical (unpaired) electrons. The minimum atomic E-state index is 0.0500. The van der Waals surface area contributed by atoms with Crippen molar-refractivity contribution in [2.24, 2.45) is 5.73 Å². The molecule has 106 valence electrons. The fourth-order valence-corrected chi connectivity index (χ4v) is 2.37. The van der Waals surface area contributed by atoms with Crippen LogP contribution in [0.1, 0.15) is 50.6 Å². The Bertz CT molecular complexity index is 395. The maximum absolute atomic E-state index is 11.8. The summed E-state index contributed by atoms with van der Waals surface area (Å²) in [6, 6.07) is 8.07. The van der Waals surface area contributed by atoms with Gasteiger partial charge in [0.25, 0.3) is 0 Å². The zero-order valence-electron chi connectivity index (χ0n) is 11.5. The maximum atomic E-state index is 11.8. The molecule has 0 spiro atoms. The van der Waals surface area contributed by atoms with Crippen molar-refractivity contribution in [3.05, 3.63) is 34.3 Å². The highest BCUT2D eigenvalue weighted by molar-refractivity contribution is 9.10. The van der Waals surface area contributed by atoms with Crippen LogP contribution in [0, 0.1) is 0 Å². The number of hydrogen-bond acceptors (Lipinski definition) is 2. The topological polar surface area (TPSA) is 55.1 Å². The lowest BCUT2D eigenvalue weighted by Gasteiger charge is -2.14. The molecule has 3 N–H and O–H groups in total. The summed E-state index contributed by atoms with van der Waals surface area (Å²) in [7, 11) is 0. The van der Waals surface area contributed by atoms with Gasteiger partial charge in [-0.15, -0.1) is 0 Å². The Morgan fingerprint density at radius 2 is 2.05 bits per heavy atom. The Hall–Kier alpha value is -0.870. The molecule has 3 nitrogen and oxygen atoms in total. The van der Waals surface area contributed by atoms with Crippen LogP contribution >= 0.6 is 15.9 Å². The Labute approximate surface area is 124 Å². The highest BCUT2D eigenvalue weighted by Gasteiger charge is 2.09. The number of halogens is 1. The maximum Gasteiger partial charge on any atom is 0.220 e. The average molecular weight is 327 g/mol. The summed E-state index contributed by atoms with van der Waals surface area (Å²) in [6.07, 6.45) is 4.79. The lowest BCUT2D eigenvalue weighted by atomic mass is 10.1. The first kappa shape index (κ1) is 16.2. The first-order chi connectivity index (χ1) is 9.13. The van der Waals surface area contributed by atoms with Crippen LogP contribution in [-0.2, 0) is 4.79 Å². The highest BCUT2D eigenvalue weighted by Crippen LogP contribution is 2.18. The predicted molar refractivity (Wildman–Crippen MR) is 82.8 cm³/mol. The number of benzene rings is 1. The third-order valence-electron chi connectivity index (χ3n) is 3.08. The Balaban J connectivity index is 2.28. The lowest BCUT2D eigenvalue weighted by molar-refractivity contribution is -0.121. The molecule has 4 heteroatoms. The normalized spacial score (nSPS) is 12.2. The monoisotopic (exact) mass is 326 g/mol. The molecule has 0 aromatic heterocycles. The van der Waals surface area contributed by atoms with Crippen LogP contribution in [0.25, 0.3) is 0 Å². The number of nitrogens with two attached hydrogens (primary N) is 1. The van der Waals surface area contributed by atoms with Gasteiger partial charge in [-0.1, -0.05) is 40.9 Å². The summed E-state index contributed by atoms with van der Waals surface area (Å²) in [6.45, 7) is 2.75. The molecule has 19 heavy (non-hydrogen) atoms. The third kappa shape index (κ3) is 6.73. The summed E-state index contributed by atoms with van der Waals surface area (Å²) >= 11 is 3.44. The molecule has 1 amide bonds. The Kier molecular flexibility index (Phi) is 7.75. The molecule has 0 heterocycles. The van der Waals surface area contributed by atoms with E-state index in [-0.39, 0.29) is 11.9 Å². The molecule has 0 unspecified atom stereocenters.